The first-order chi connectivity index (χ1) is 17.7. The monoisotopic (exact) mass is 544 g/mol. The van der Waals surface area contributed by atoms with E-state index in [1.54, 1.807) is 39.8 Å². The Bertz CT molecular complexity index is 1370. The number of methoxy groups -OCH3 is 2. The van der Waals surface area contributed by atoms with Crippen molar-refractivity contribution in [3.63, 3.8) is 0 Å². The number of carbonyl (C=O) groups excluding carboxylic acids is 2. The van der Waals surface area contributed by atoms with Gasteiger partial charge in [0.05, 0.1) is 31.1 Å². The van der Waals surface area contributed by atoms with Gasteiger partial charge in [-0.2, -0.15) is 0 Å². The third kappa shape index (κ3) is 3.35. The fourth-order valence-electron chi connectivity index (χ4n) is 7.43. The molecule has 196 valence electrons. The average Bonchev–Trinajstić information content (AvgIpc) is 3.58. The van der Waals surface area contributed by atoms with Crippen molar-refractivity contribution < 1.29 is 29.0 Å². The topological polar surface area (TPSA) is 126 Å². The molecule has 2 bridgehead atoms. The molecule has 0 spiro atoms. The molecule has 2 aliphatic carbocycles. The summed E-state index contributed by atoms with van der Waals surface area (Å²) in [7, 11) is 3.15. The van der Waals surface area contributed by atoms with Crippen molar-refractivity contribution in [3.05, 3.63) is 38.3 Å². The summed E-state index contributed by atoms with van der Waals surface area (Å²) in [5, 5.41) is 10.7. The zero-order chi connectivity index (χ0) is 26.3. The molecule has 11 heteroatoms. The number of carbonyl (C=O) groups is 3. The number of aromatic nitrogens is 1. The molecule has 2 saturated carbocycles. The standard InChI is InChI=1S/C26H28N2O7S2/c1-9(2)19(25(31)32)28-23(29)17-11-8-12(18(17)24(28)30)20-16(11)15(21-22(36-20)27-26(33)37-21)10-5-6-13(34-3)14(7-10)35-4/h5-7,9,11-12,15-20H,8H2,1-4H3,(H,27,33)(H,31,32)/t11-,12+,15+,16+,17-,18+,19-,20-/m1/s1. The van der Waals surface area contributed by atoms with Crippen molar-refractivity contribution in [1.82, 2.24) is 9.88 Å². The number of carboxylic acid groups (broad SMARTS) is 1. The molecule has 2 amide bonds. The lowest BCUT2D eigenvalue weighted by Crippen LogP contribution is -2.49. The molecule has 0 unspecified atom stereocenters. The van der Waals surface area contributed by atoms with Crippen LogP contribution in [0, 0.1) is 35.5 Å². The fraction of sp³-hybridized carbons (Fsp3) is 0.538. The van der Waals surface area contributed by atoms with Gasteiger partial charge in [0.15, 0.2) is 11.5 Å². The molecule has 3 heterocycles. The second-order valence-corrected chi connectivity index (χ2v) is 12.9. The number of hydrogen-bond donors (Lipinski definition) is 2. The third-order valence-electron chi connectivity index (χ3n) is 8.69. The number of likely N-dealkylation sites (tertiary alicyclic amines) is 1. The maximum atomic E-state index is 13.7. The zero-order valence-electron chi connectivity index (χ0n) is 20.8. The Morgan fingerprint density at radius 3 is 2.38 bits per heavy atom. The van der Waals surface area contributed by atoms with E-state index in [-0.39, 0.29) is 45.6 Å². The zero-order valence-corrected chi connectivity index (χ0v) is 22.4. The number of thioether (sulfide) groups is 1. The number of carboxylic acids is 1. The highest BCUT2D eigenvalue weighted by molar-refractivity contribution is 8.00. The van der Waals surface area contributed by atoms with E-state index >= 15 is 0 Å². The van der Waals surface area contributed by atoms with Gasteiger partial charge in [0.25, 0.3) is 0 Å². The molecule has 3 fully saturated rings. The Labute approximate surface area is 221 Å². The number of rotatable bonds is 6. The van der Waals surface area contributed by atoms with Crippen molar-refractivity contribution in [2.24, 2.45) is 35.5 Å². The molecular formula is C26H28N2O7S2. The Morgan fingerprint density at radius 1 is 1.08 bits per heavy atom. The molecule has 6 rings (SSSR count). The molecule has 4 aliphatic rings. The Kier molecular flexibility index (Phi) is 5.72. The fourth-order valence-corrected chi connectivity index (χ4v) is 10.3. The molecule has 0 radical (unpaired) electrons. The van der Waals surface area contributed by atoms with Gasteiger partial charge in [-0.05, 0) is 47.8 Å². The summed E-state index contributed by atoms with van der Waals surface area (Å²) < 4.78 is 11.0. The van der Waals surface area contributed by atoms with Crippen LogP contribution in [-0.4, -0.2) is 58.3 Å². The number of imide groups is 1. The van der Waals surface area contributed by atoms with Gasteiger partial charge in [0.1, 0.15) is 6.04 Å². The second-order valence-electron chi connectivity index (χ2n) is 10.6. The van der Waals surface area contributed by atoms with E-state index < -0.39 is 29.8 Å². The Balaban J connectivity index is 1.45. The van der Waals surface area contributed by atoms with E-state index in [9.17, 15) is 24.3 Å². The van der Waals surface area contributed by atoms with Gasteiger partial charge in [-0.25, -0.2) is 4.79 Å². The summed E-state index contributed by atoms with van der Waals surface area (Å²) in [6.07, 6.45) is 0.741. The first-order valence-corrected chi connectivity index (χ1v) is 14.1. The number of nitrogens with one attached hydrogen (secondary N) is 1. The molecule has 1 aromatic heterocycles. The van der Waals surface area contributed by atoms with E-state index in [0.29, 0.717) is 11.5 Å². The Morgan fingerprint density at radius 2 is 1.76 bits per heavy atom. The summed E-state index contributed by atoms with van der Waals surface area (Å²) in [6.45, 7) is 3.44. The van der Waals surface area contributed by atoms with Crippen molar-refractivity contribution in [2.45, 2.75) is 42.5 Å². The van der Waals surface area contributed by atoms with Gasteiger partial charge in [-0.3, -0.25) is 19.3 Å². The highest BCUT2D eigenvalue weighted by Gasteiger charge is 2.70. The van der Waals surface area contributed by atoms with E-state index in [2.05, 4.69) is 4.98 Å². The van der Waals surface area contributed by atoms with Crippen LogP contribution in [0.15, 0.2) is 28.0 Å². The first-order valence-electron chi connectivity index (χ1n) is 12.4. The van der Waals surface area contributed by atoms with Crippen LogP contribution >= 0.6 is 23.1 Å². The van der Waals surface area contributed by atoms with Crippen LogP contribution in [0.4, 0.5) is 0 Å². The van der Waals surface area contributed by atoms with Gasteiger partial charge >= 0.3 is 10.8 Å². The molecular weight excluding hydrogens is 516 g/mol. The SMILES string of the molecule is COc1ccc([C@@H]2c3sc(=O)[nH]c3S[C@@H]3[C@H]4C[C@@H]([C@H]5C(=O)N([C@@H](C(=O)O)C(C)C)C(=O)[C@@H]45)[C@@H]23)cc1OC. The van der Waals surface area contributed by atoms with Gasteiger partial charge < -0.3 is 19.6 Å². The molecule has 1 aromatic carbocycles. The van der Waals surface area contributed by atoms with E-state index in [1.807, 2.05) is 18.2 Å². The number of aromatic amines is 1. The predicted octanol–water partition coefficient (Wildman–Crippen LogP) is 3.04. The highest BCUT2D eigenvalue weighted by Crippen LogP contribution is 2.68. The molecule has 2 N–H and O–H groups in total. The third-order valence-corrected chi connectivity index (χ3v) is 11.3. The summed E-state index contributed by atoms with van der Waals surface area (Å²) in [5.41, 5.74) is 0.966. The first kappa shape index (κ1) is 24.5. The van der Waals surface area contributed by atoms with Crippen molar-refractivity contribution in [3.8, 4) is 11.5 Å². The smallest absolute Gasteiger partial charge is 0.327 e. The Hall–Kier alpha value is -2.79. The van der Waals surface area contributed by atoms with Crippen molar-refractivity contribution >= 4 is 40.9 Å². The van der Waals surface area contributed by atoms with E-state index in [1.165, 1.54) is 11.3 Å². The van der Waals surface area contributed by atoms with Gasteiger partial charge in [0.2, 0.25) is 11.8 Å². The second kappa shape index (κ2) is 8.62. The number of thiazole rings is 1. The largest absolute Gasteiger partial charge is 0.493 e. The average molecular weight is 545 g/mol. The van der Waals surface area contributed by atoms with Crippen LogP contribution in [0.2, 0.25) is 0 Å². The lowest BCUT2D eigenvalue weighted by molar-refractivity contribution is -0.157. The van der Waals surface area contributed by atoms with Crippen molar-refractivity contribution in [2.75, 3.05) is 14.2 Å². The van der Waals surface area contributed by atoms with Crippen molar-refractivity contribution in [1.29, 1.82) is 0 Å². The summed E-state index contributed by atoms with van der Waals surface area (Å²) in [4.78, 5) is 56.7. The number of aliphatic carboxylic acids is 1. The summed E-state index contributed by atoms with van der Waals surface area (Å²) >= 11 is 2.79. The number of benzene rings is 1. The number of H-pyrrole nitrogens is 1. The van der Waals surface area contributed by atoms with Crippen LogP contribution in [0.3, 0.4) is 0 Å². The molecule has 2 aliphatic heterocycles. The lowest BCUT2D eigenvalue weighted by atomic mass is 9.68. The van der Waals surface area contributed by atoms with E-state index in [0.717, 1.165) is 26.8 Å². The minimum atomic E-state index is -1.17. The van der Waals surface area contributed by atoms with Gasteiger partial charge in [-0.15, -0.1) is 11.8 Å². The van der Waals surface area contributed by atoms with Crippen LogP contribution in [0.25, 0.3) is 0 Å². The summed E-state index contributed by atoms with van der Waals surface area (Å²) in [6, 6.07) is 4.59. The maximum absolute atomic E-state index is 13.7. The number of fused-ring (bicyclic) bond motifs is 9. The molecule has 8 atom stereocenters. The minimum absolute atomic E-state index is 0.0207. The molecule has 2 aromatic rings. The number of hydrogen-bond acceptors (Lipinski definition) is 8. The lowest BCUT2D eigenvalue weighted by Gasteiger charge is -2.43. The normalized spacial score (nSPS) is 32.4. The van der Waals surface area contributed by atoms with Crippen LogP contribution in [0.5, 0.6) is 11.5 Å². The quantitative estimate of drug-likeness (QED) is 0.532. The molecule has 1 saturated heterocycles. The van der Waals surface area contributed by atoms with E-state index in [4.69, 9.17) is 9.47 Å². The number of nitrogens with zero attached hydrogens (tertiary/aromatic N) is 1. The molecule has 9 nitrogen and oxygen atoms in total. The molecule has 37 heavy (non-hydrogen) atoms. The van der Waals surface area contributed by atoms with Gasteiger partial charge in [-0.1, -0.05) is 31.3 Å². The highest BCUT2D eigenvalue weighted by atomic mass is 32.2. The predicted molar refractivity (Wildman–Crippen MR) is 136 cm³/mol. The summed E-state index contributed by atoms with van der Waals surface area (Å²) in [5.74, 6) is -2.39. The minimum Gasteiger partial charge on any atom is -0.493 e. The van der Waals surface area contributed by atoms with Crippen LogP contribution in [-0.2, 0) is 14.4 Å². The number of amides is 2. The van der Waals surface area contributed by atoms with Crippen LogP contribution in [0.1, 0.15) is 36.6 Å². The van der Waals surface area contributed by atoms with Crippen LogP contribution < -0.4 is 14.3 Å². The number of ether oxygens (including phenoxy) is 2. The maximum Gasteiger partial charge on any atom is 0.327 e. The van der Waals surface area contributed by atoms with Gasteiger partial charge in [0, 0.05) is 16.0 Å².